The third-order valence-electron chi connectivity index (χ3n) is 3.79. The molecule has 3 rings (SSSR count). The maximum Gasteiger partial charge on any atom is 0.353 e. The number of halogens is 2. The molecule has 1 heterocycles. The molecule has 0 atom stereocenters. The van der Waals surface area contributed by atoms with Crippen molar-refractivity contribution in [3.63, 3.8) is 0 Å². The Morgan fingerprint density at radius 3 is 2.36 bits per heavy atom. The quantitative estimate of drug-likeness (QED) is 0.475. The number of ether oxygens (including phenoxy) is 1. The molecule has 0 amide bonds. The second kappa shape index (κ2) is 7.82. The van der Waals surface area contributed by atoms with Crippen LogP contribution in [0.15, 0.2) is 42.7 Å². The lowest BCUT2D eigenvalue weighted by molar-refractivity contribution is -0.383. The zero-order valence-electron chi connectivity index (χ0n) is 14.9. The Kier molecular flexibility index (Phi) is 5.30. The van der Waals surface area contributed by atoms with Crippen LogP contribution in [0.1, 0.15) is 5.56 Å². The molecule has 0 radical (unpaired) electrons. The number of hydrogen-bond donors (Lipinski definition) is 2. The van der Waals surface area contributed by atoms with Crippen LogP contribution in [0.4, 0.5) is 37.5 Å². The largest absolute Gasteiger partial charge is 0.495 e. The highest BCUT2D eigenvalue weighted by atomic mass is 19.1. The number of hydrogen-bond acceptors (Lipinski definition) is 7. The highest BCUT2D eigenvalue weighted by Gasteiger charge is 2.25. The van der Waals surface area contributed by atoms with Gasteiger partial charge in [-0.2, -0.15) is 0 Å². The van der Waals surface area contributed by atoms with Crippen molar-refractivity contribution in [2.24, 2.45) is 0 Å². The van der Waals surface area contributed by atoms with Gasteiger partial charge >= 0.3 is 5.69 Å². The van der Waals surface area contributed by atoms with Gasteiger partial charge in [-0.1, -0.05) is 6.07 Å². The fraction of sp³-hybridized carbons (Fsp3) is 0.111. The van der Waals surface area contributed by atoms with Crippen molar-refractivity contribution in [1.29, 1.82) is 0 Å². The maximum absolute atomic E-state index is 13.9. The van der Waals surface area contributed by atoms with E-state index in [1.54, 1.807) is 12.1 Å². The van der Waals surface area contributed by atoms with Crippen LogP contribution in [-0.2, 0) is 0 Å². The Morgan fingerprint density at radius 1 is 1.04 bits per heavy atom. The molecule has 28 heavy (non-hydrogen) atoms. The number of nitrogens with one attached hydrogen (secondary N) is 2. The molecule has 2 aromatic carbocycles. The number of benzene rings is 2. The third-order valence-corrected chi connectivity index (χ3v) is 3.79. The topological polar surface area (TPSA) is 102 Å². The highest BCUT2D eigenvalue weighted by molar-refractivity contribution is 5.78. The monoisotopic (exact) mass is 387 g/mol. The van der Waals surface area contributed by atoms with Gasteiger partial charge in [-0.3, -0.25) is 10.1 Å². The molecule has 144 valence electrons. The molecule has 0 aliphatic rings. The van der Waals surface area contributed by atoms with E-state index >= 15 is 0 Å². The molecular weight excluding hydrogens is 372 g/mol. The van der Waals surface area contributed by atoms with Crippen molar-refractivity contribution in [2.75, 3.05) is 17.7 Å². The SMILES string of the molecule is COc1ccc(C)cc1Nc1ncnc(Nc2cc(F)ccc2F)c1[N+](=O)[O-]. The van der Waals surface area contributed by atoms with E-state index in [1.807, 2.05) is 13.0 Å². The van der Waals surface area contributed by atoms with Crippen LogP contribution in [0.2, 0.25) is 0 Å². The summed E-state index contributed by atoms with van der Waals surface area (Å²) >= 11 is 0. The second-order valence-electron chi connectivity index (χ2n) is 5.75. The standard InChI is InChI=1S/C18H15F2N5O3/c1-10-3-6-15(28-2)14(7-10)24-18-16(25(26)27)17(21-9-22-18)23-13-8-11(19)4-5-12(13)20/h3-9H,1-2H3,(H2,21,22,23,24). The van der Waals surface area contributed by atoms with Gasteiger partial charge in [0.05, 0.1) is 23.4 Å². The minimum Gasteiger partial charge on any atom is -0.495 e. The van der Waals surface area contributed by atoms with E-state index < -0.39 is 22.2 Å². The first kappa shape index (κ1) is 19.0. The summed E-state index contributed by atoms with van der Waals surface area (Å²) < 4.78 is 32.5. The molecule has 0 saturated heterocycles. The Balaban J connectivity index is 2.04. The molecule has 1 aromatic heterocycles. The van der Waals surface area contributed by atoms with Crippen molar-refractivity contribution < 1.29 is 18.4 Å². The number of methoxy groups -OCH3 is 1. The van der Waals surface area contributed by atoms with Gasteiger partial charge in [0, 0.05) is 6.07 Å². The van der Waals surface area contributed by atoms with Crippen LogP contribution < -0.4 is 15.4 Å². The molecule has 0 spiro atoms. The van der Waals surface area contributed by atoms with Gasteiger partial charge in [0.1, 0.15) is 23.7 Å². The molecular formula is C18H15F2N5O3. The fourth-order valence-electron chi connectivity index (χ4n) is 2.50. The number of aromatic nitrogens is 2. The first-order valence-electron chi connectivity index (χ1n) is 8.02. The van der Waals surface area contributed by atoms with Crippen molar-refractivity contribution >= 4 is 28.7 Å². The zero-order valence-corrected chi connectivity index (χ0v) is 14.9. The van der Waals surface area contributed by atoms with Gasteiger partial charge in [0.2, 0.25) is 11.6 Å². The lowest BCUT2D eigenvalue weighted by atomic mass is 10.2. The zero-order chi connectivity index (χ0) is 20.3. The van der Waals surface area contributed by atoms with Crippen LogP contribution in [-0.4, -0.2) is 22.0 Å². The van der Waals surface area contributed by atoms with Crippen LogP contribution in [0.3, 0.4) is 0 Å². The first-order valence-corrected chi connectivity index (χ1v) is 8.02. The number of nitro groups is 1. The summed E-state index contributed by atoms with van der Waals surface area (Å²) in [6.07, 6.45) is 1.07. The fourth-order valence-corrected chi connectivity index (χ4v) is 2.50. The average molecular weight is 387 g/mol. The third kappa shape index (κ3) is 3.95. The second-order valence-corrected chi connectivity index (χ2v) is 5.75. The van der Waals surface area contributed by atoms with E-state index in [2.05, 4.69) is 20.6 Å². The number of rotatable bonds is 6. The van der Waals surface area contributed by atoms with Gasteiger partial charge < -0.3 is 15.4 Å². The molecule has 0 bridgehead atoms. The Morgan fingerprint density at radius 2 is 1.71 bits per heavy atom. The maximum atomic E-state index is 13.9. The Labute approximate surface area is 158 Å². The van der Waals surface area contributed by atoms with Crippen LogP contribution in [0.25, 0.3) is 0 Å². The van der Waals surface area contributed by atoms with E-state index in [4.69, 9.17) is 4.74 Å². The summed E-state index contributed by atoms with van der Waals surface area (Å²) in [7, 11) is 1.46. The smallest absolute Gasteiger partial charge is 0.353 e. The lowest BCUT2D eigenvalue weighted by Crippen LogP contribution is -2.07. The molecule has 0 aliphatic carbocycles. The van der Waals surface area contributed by atoms with Gasteiger partial charge in [-0.15, -0.1) is 0 Å². The molecule has 0 unspecified atom stereocenters. The first-order chi connectivity index (χ1) is 13.4. The molecule has 2 N–H and O–H groups in total. The molecule has 0 aliphatic heterocycles. The van der Waals surface area contributed by atoms with E-state index in [0.717, 1.165) is 30.1 Å². The van der Waals surface area contributed by atoms with Gasteiger partial charge in [0.15, 0.2) is 0 Å². The molecule has 0 saturated carbocycles. The minimum atomic E-state index is -0.788. The molecule has 0 fully saturated rings. The Bertz CT molecular complexity index is 1050. The summed E-state index contributed by atoms with van der Waals surface area (Å²) in [5.41, 5.74) is 0.517. The number of aryl methyl sites for hydroxylation is 1. The predicted octanol–water partition coefficient (Wildman–Crippen LogP) is 4.47. The van der Waals surface area contributed by atoms with Crippen molar-refractivity contribution in [3.05, 3.63) is 70.0 Å². The van der Waals surface area contributed by atoms with E-state index in [1.165, 1.54) is 7.11 Å². The Hall–Kier alpha value is -3.82. The average Bonchev–Trinajstić information content (AvgIpc) is 2.65. The number of nitrogens with zero attached hydrogens (tertiary/aromatic N) is 3. The van der Waals surface area contributed by atoms with Crippen molar-refractivity contribution in [1.82, 2.24) is 9.97 Å². The highest BCUT2D eigenvalue weighted by Crippen LogP contribution is 2.36. The van der Waals surface area contributed by atoms with Gasteiger partial charge in [0.25, 0.3) is 0 Å². The van der Waals surface area contributed by atoms with Crippen molar-refractivity contribution in [3.8, 4) is 5.75 Å². The van der Waals surface area contributed by atoms with Gasteiger partial charge in [-0.25, -0.2) is 18.7 Å². The summed E-state index contributed by atoms with van der Waals surface area (Å²) in [6, 6.07) is 7.96. The molecule has 3 aromatic rings. The van der Waals surface area contributed by atoms with E-state index in [-0.39, 0.29) is 17.3 Å². The van der Waals surface area contributed by atoms with E-state index in [0.29, 0.717) is 11.4 Å². The normalized spacial score (nSPS) is 10.4. The van der Waals surface area contributed by atoms with Gasteiger partial charge in [-0.05, 0) is 36.8 Å². The van der Waals surface area contributed by atoms with Crippen LogP contribution >= 0.6 is 0 Å². The molecule has 10 heteroatoms. The summed E-state index contributed by atoms with van der Waals surface area (Å²) in [5.74, 6) is -1.47. The summed E-state index contributed by atoms with van der Waals surface area (Å²) in [4.78, 5) is 18.6. The van der Waals surface area contributed by atoms with Crippen LogP contribution in [0.5, 0.6) is 5.75 Å². The minimum absolute atomic E-state index is 0.136. The van der Waals surface area contributed by atoms with Crippen LogP contribution in [0, 0.1) is 28.7 Å². The lowest BCUT2D eigenvalue weighted by Gasteiger charge is -2.13. The predicted molar refractivity (Wildman–Crippen MR) is 99.3 cm³/mol. The number of anilines is 4. The van der Waals surface area contributed by atoms with Crippen molar-refractivity contribution in [2.45, 2.75) is 6.92 Å². The summed E-state index contributed by atoms with van der Waals surface area (Å²) in [6.45, 7) is 1.85. The summed E-state index contributed by atoms with van der Waals surface area (Å²) in [5, 5.41) is 16.9. The van der Waals surface area contributed by atoms with E-state index in [9.17, 15) is 18.9 Å². The molecule has 8 nitrogen and oxygen atoms in total.